The molecule has 2 amide bonds. The summed E-state index contributed by atoms with van der Waals surface area (Å²) in [6.45, 7) is 3.31. The van der Waals surface area contributed by atoms with Gasteiger partial charge in [-0.15, -0.1) is 0 Å². The van der Waals surface area contributed by atoms with Crippen LogP contribution < -0.4 is 10.6 Å². The number of aromatic amines is 1. The lowest BCUT2D eigenvalue weighted by atomic mass is 10.1. The van der Waals surface area contributed by atoms with Crippen LogP contribution in [0.1, 0.15) is 68.2 Å². The number of H-pyrrole nitrogens is 1. The van der Waals surface area contributed by atoms with Gasteiger partial charge in [-0.25, -0.2) is 33.7 Å². The van der Waals surface area contributed by atoms with Crippen LogP contribution in [0.15, 0.2) is 49.2 Å². The van der Waals surface area contributed by atoms with E-state index in [1.54, 1.807) is 29.6 Å². The Morgan fingerprint density at radius 1 is 0.925 bits per heavy atom. The minimum Gasteiger partial charge on any atom is -0.356 e. The standard InChI is InChI=1S/C19H20ClFN6O.C18H16ClFN4O/c1-2-27-6-4-3-5-15(19(27)28)25-18-14(21)10-24-17(26-18)13-9-23-16-12(13)7-11(20)8-22-16;19-10-7-13-12(3-5-15(13)21-8-10)18-22-9-14(20)16(24-18)4-1-11-2-6-17(25)23-11/h7-10,15H,2-6H2,1H3,(H,22,23)(H,24,25,26);3,7-9,11H,1-2,4-6H2,(H,23,25)/t15-;11-/m00/s1. The predicted octanol–water partition coefficient (Wildman–Crippen LogP) is 6.49. The summed E-state index contributed by atoms with van der Waals surface area (Å²) in [5, 5.41) is 7.66. The van der Waals surface area contributed by atoms with E-state index in [-0.39, 0.29) is 23.7 Å². The highest BCUT2D eigenvalue weighted by molar-refractivity contribution is 6.31. The number of pyridine rings is 2. The SMILES string of the molecule is CCN1CCCC[C@H](Nc2nc(-c3c[nH]c4ncc(Cl)cc34)ncc2F)C1=O.O=C1CC[C@H](CCc2nc(C3=CCc4ncc(Cl)cc43)ncc2F)N1. The molecule has 8 rings (SSSR count). The van der Waals surface area contributed by atoms with Gasteiger partial charge in [-0.3, -0.25) is 14.6 Å². The fourth-order valence-electron chi connectivity index (χ4n) is 6.78. The minimum atomic E-state index is -0.597. The van der Waals surface area contributed by atoms with Gasteiger partial charge < -0.3 is 20.5 Å². The Morgan fingerprint density at radius 3 is 2.53 bits per heavy atom. The summed E-state index contributed by atoms with van der Waals surface area (Å²) in [4.78, 5) is 54.3. The van der Waals surface area contributed by atoms with E-state index in [4.69, 9.17) is 23.2 Å². The molecule has 5 aromatic heterocycles. The molecule has 0 bridgehead atoms. The highest BCUT2D eigenvalue weighted by Crippen LogP contribution is 2.32. The number of amides is 2. The van der Waals surface area contributed by atoms with E-state index in [0.717, 1.165) is 54.2 Å². The van der Waals surface area contributed by atoms with Crippen molar-refractivity contribution in [2.24, 2.45) is 0 Å². The lowest BCUT2D eigenvalue weighted by Gasteiger charge is -2.23. The Kier molecular flexibility index (Phi) is 10.9. The molecule has 0 saturated carbocycles. The molecule has 5 aromatic rings. The number of nitrogens with zero attached hydrogens (tertiary/aromatic N) is 7. The van der Waals surface area contributed by atoms with Gasteiger partial charge in [0, 0.05) is 72.6 Å². The van der Waals surface area contributed by atoms with Crippen molar-refractivity contribution in [3.05, 3.63) is 93.6 Å². The molecule has 2 aliphatic heterocycles. The molecule has 3 aliphatic rings. The quantitative estimate of drug-likeness (QED) is 0.161. The van der Waals surface area contributed by atoms with E-state index in [1.165, 1.54) is 6.20 Å². The molecular weight excluding hydrogens is 725 g/mol. The lowest BCUT2D eigenvalue weighted by Crippen LogP contribution is -2.41. The minimum absolute atomic E-state index is 0.0191. The number of carbonyl (C=O) groups excluding carboxylic acids is 2. The zero-order chi connectivity index (χ0) is 37.1. The van der Waals surface area contributed by atoms with E-state index in [2.05, 4.69) is 45.5 Å². The first-order chi connectivity index (χ1) is 25.7. The van der Waals surface area contributed by atoms with Gasteiger partial charge >= 0.3 is 0 Å². The van der Waals surface area contributed by atoms with Crippen molar-refractivity contribution in [3.63, 3.8) is 0 Å². The fraction of sp³-hybridized carbons (Fsp3) is 0.351. The Bertz CT molecular complexity index is 2210. The Morgan fingerprint density at radius 2 is 1.72 bits per heavy atom. The van der Waals surface area contributed by atoms with E-state index in [0.29, 0.717) is 77.2 Å². The Labute approximate surface area is 313 Å². The van der Waals surface area contributed by atoms with Crippen LogP contribution >= 0.6 is 23.2 Å². The summed E-state index contributed by atoms with van der Waals surface area (Å²) in [5.41, 5.74) is 4.32. The first-order valence-corrected chi connectivity index (χ1v) is 18.3. The third-order valence-corrected chi connectivity index (χ3v) is 9.97. The topological polar surface area (TPSA) is 155 Å². The number of hydrogen-bond acceptors (Lipinski definition) is 9. The zero-order valence-electron chi connectivity index (χ0n) is 28.8. The van der Waals surface area contributed by atoms with Gasteiger partial charge in [0.2, 0.25) is 11.8 Å². The maximum absolute atomic E-state index is 14.4. The van der Waals surface area contributed by atoms with Gasteiger partial charge in [-0.05, 0) is 57.6 Å². The molecule has 16 heteroatoms. The monoisotopic (exact) mass is 760 g/mol. The summed E-state index contributed by atoms with van der Waals surface area (Å²) < 4.78 is 28.5. The molecule has 53 heavy (non-hydrogen) atoms. The van der Waals surface area contributed by atoms with Crippen molar-refractivity contribution < 1.29 is 18.4 Å². The molecule has 12 nitrogen and oxygen atoms in total. The van der Waals surface area contributed by atoms with E-state index in [1.807, 2.05) is 19.1 Å². The third kappa shape index (κ3) is 8.13. The number of aromatic nitrogens is 7. The molecular formula is C37H36Cl2F2N10O2. The summed E-state index contributed by atoms with van der Waals surface area (Å²) in [6, 6.07) is 3.19. The molecule has 0 unspecified atom stereocenters. The molecule has 2 atom stereocenters. The van der Waals surface area contributed by atoms with Gasteiger partial charge in [0.05, 0.1) is 33.8 Å². The first kappa shape index (κ1) is 36.3. The molecule has 0 spiro atoms. The molecule has 0 radical (unpaired) electrons. The molecule has 0 aromatic carbocycles. The number of rotatable bonds is 8. The third-order valence-electron chi connectivity index (χ3n) is 9.55. The largest absolute Gasteiger partial charge is 0.356 e. The maximum atomic E-state index is 14.4. The number of allylic oxidation sites excluding steroid dienone is 1. The van der Waals surface area contributed by atoms with Crippen molar-refractivity contribution in [2.75, 3.05) is 18.4 Å². The Hall–Kier alpha value is -5.08. The van der Waals surface area contributed by atoms with Crippen LogP contribution in [0.4, 0.5) is 14.6 Å². The van der Waals surface area contributed by atoms with Crippen molar-refractivity contribution >= 4 is 57.4 Å². The van der Waals surface area contributed by atoms with Crippen molar-refractivity contribution in [2.45, 2.75) is 70.4 Å². The van der Waals surface area contributed by atoms with Crippen LogP contribution in [0.25, 0.3) is 28.0 Å². The number of halogens is 4. The summed E-state index contributed by atoms with van der Waals surface area (Å²) in [5.74, 6) is -0.155. The summed E-state index contributed by atoms with van der Waals surface area (Å²) in [7, 11) is 0. The number of aryl methyl sites for hydroxylation is 1. The van der Waals surface area contributed by atoms with Gasteiger partial charge in [-0.2, -0.15) is 0 Å². The molecule has 3 N–H and O–H groups in total. The molecule has 274 valence electrons. The van der Waals surface area contributed by atoms with Crippen LogP contribution in [0.3, 0.4) is 0 Å². The number of hydrogen-bond donors (Lipinski definition) is 3. The first-order valence-electron chi connectivity index (χ1n) is 17.5. The van der Waals surface area contributed by atoms with Gasteiger partial charge in [0.15, 0.2) is 29.1 Å². The summed E-state index contributed by atoms with van der Waals surface area (Å²) in [6.07, 6.45) is 14.8. The van der Waals surface area contributed by atoms with E-state index < -0.39 is 17.7 Å². The van der Waals surface area contributed by atoms with Crippen molar-refractivity contribution in [3.8, 4) is 11.4 Å². The average Bonchev–Trinajstić information content (AvgIpc) is 3.86. The number of likely N-dealkylation sites (tertiary alicyclic amines) is 1. The molecule has 2 saturated heterocycles. The number of fused-ring (bicyclic) bond motifs is 2. The number of anilines is 1. The molecule has 1 aliphatic carbocycles. The number of likely N-dealkylation sites (N-methyl/N-ethyl adjacent to an activating group) is 1. The van der Waals surface area contributed by atoms with Crippen LogP contribution in [0.2, 0.25) is 10.0 Å². The van der Waals surface area contributed by atoms with Crippen molar-refractivity contribution in [1.82, 2.24) is 45.1 Å². The second-order valence-corrected chi connectivity index (χ2v) is 13.9. The zero-order valence-corrected chi connectivity index (χ0v) is 30.3. The molecule has 7 heterocycles. The van der Waals surface area contributed by atoms with Gasteiger partial charge in [0.25, 0.3) is 0 Å². The van der Waals surface area contributed by atoms with Gasteiger partial charge in [0.1, 0.15) is 11.7 Å². The predicted molar refractivity (Wildman–Crippen MR) is 197 cm³/mol. The highest BCUT2D eigenvalue weighted by Gasteiger charge is 2.28. The van der Waals surface area contributed by atoms with E-state index in [9.17, 15) is 18.4 Å². The molecule has 2 fully saturated rings. The van der Waals surface area contributed by atoms with Crippen LogP contribution in [0, 0.1) is 11.6 Å². The van der Waals surface area contributed by atoms with Gasteiger partial charge in [-0.1, -0.05) is 29.3 Å². The number of nitrogens with one attached hydrogen (secondary N) is 3. The van der Waals surface area contributed by atoms with Crippen LogP contribution in [0.5, 0.6) is 0 Å². The van der Waals surface area contributed by atoms with E-state index >= 15 is 0 Å². The second-order valence-electron chi connectivity index (χ2n) is 13.1. The lowest BCUT2D eigenvalue weighted by molar-refractivity contribution is -0.131. The maximum Gasteiger partial charge on any atom is 0.245 e. The van der Waals surface area contributed by atoms with Crippen LogP contribution in [-0.4, -0.2) is 76.8 Å². The van der Waals surface area contributed by atoms with Crippen molar-refractivity contribution in [1.29, 1.82) is 0 Å². The summed E-state index contributed by atoms with van der Waals surface area (Å²) >= 11 is 12.1. The average molecular weight is 762 g/mol. The normalized spacial score (nSPS) is 18.3. The van der Waals surface area contributed by atoms with Crippen LogP contribution in [-0.2, 0) is 22.4 Å². The fourth-order valence-corrected chi connectivity index (χ4v) is 7.09. The Balaban J connectivity index is 0.000000165. The second kappa shape index (κ2) is 15.9. The smallest absolute Gasteiger partial charge is 0.245 e. The highest BCUT2D eigenvalue weighted by atomic mass is 35.5. The number of carbonyl (C=O) groups is 2.